The normalized spacial score (nSPS) is 10.3. The summed E-state index contributed by atoms with van der Waals surface area (Å²) in [5.41, 5.74) is 0.938. The van der Waals surface area contributed by atoms with Gasteiger partial charge in [0.2, 0.25) is 11.0 Å². The van der Waals surface area contributed by atoms with Crippen LogP contribution in [-0.4, -0.2) is 16.1 Å². The predicted octanol–water partition coefficient (Wildman–Crippen LogP) is 3.60. The van der Waals surface area contributed by atoms with Crippen molar-refractivity contribution in [1.29, 1.82) is 0 Å². The number of nitrogens with one attached hydrogen (secondary N) is 1. The van der Waals surface area contributed by atoms with Gasteiger partial charge in [0.25, 0.3) is 0 Å². The summed E-state index contributed by atoms with van der Waals surface area (Å²) in [6, 6.07) is 7.35. The molecule has 2 rings (SSSR count). The topological polar surface area (TPSA) is 54.9 Å². The van der Waals surface area contributed by atoms with Gasteiger partial charge in [0.1, 0.15) is 5.01 Å². The molecule has 0 atom stereocenters. The van der Waals surface area contributed by atoms with Crippen molar-refractivity contribution in [1.82, 2.24) is 10.2 Å². The molecule has 0 bridgehead atoms. The summed E-state index contributed by atoms with van der Waals surface area (Å²) in [5.74, 6) is -0.0312. The molecule has 1 aromatic heterocycles. The van der Waals surface area contributed by atoms with Crippen LogP contribution in [0.15, 0.2) is 24.3 Å². The molecule has 0 radical (unpaired) electrons. The van der Waals surface area contributed by atoms with Crippen molar-refractivity contribution in [3.63, 3.8) is 0 Å². The highest BCUT2D eigenvalue weighted by atomic mass is 35.5. The fourth-order valence-electron chi connectivity index (χ4n) is 1.39. The minimum Gasteiger partial charge on any atom is -0.301 e. The van der Waals surface area contributed by atoms with Crippen LogP contribution in [0.2, 0.25) is 5.02 Å². The van der Waals surface area contributed by atoms with Crippen LogP contribution in [0.3, 0.4) is 0 Å². The van der Waals surface area contributed by atoms with Gasteiger partial charge in [-0.15, -0.1) is 10.2 Å². The predicted molar refractivity (Wildman–Crippen MR) is 73.9 cm³/mol. The van der Waals surface area contributed by atoms with Crippen molar-refractivity contribution >= 4 is 34.0 Å². The highest BCUT2D eigenvalue weighted by molar-refractivity contribution is 7.18. The number of halogens is 1. The summed E-state index contributed by atoms with van der Waals surface area (Å²) >= 11 is 7.17. The summed E-state index contributed by atoms with van der Waals surface area (Å²) < 4.78 is 0. The molecule has 0 fully saturated rings. The van der Waals surface area contributed by atoms with Crippen LogP contribution in [0.5, 0.6) is 0 Å². The lowest BCUT2D eigenvalue weighted by molar-refractivity contribution is -0.116. The van der Waals surface area contributed by atoms with Crippen molar-refractivity contribution in [2.24, 2.45) is 0 Å². The number of nitrogens with zero attached hydrogens (tertiary/aromatic N) is 2. The minimum absolute atomic E-state index is 0.0312. The fraction of sp³-hybridized carbons (Fsp3) is 0.250. The number of hydrogen-bond donors (Lipinski definition) is 1. The van der Waals surface area contributed by atoms with Gasteiger partial charge in [-0.2, -0.15) is 0 Å². The zero-order valence-electron chi connectivity index (χ0n) is 9.81. The average Bonchev–Trinajstić information content (AvgIpc) is 2.78. The van der Waals surface area contributed by atoms with E-state index in [9.17, 15) is 4.79 Å². The molecule has 1 N–H and O–H groups in total. The van der Waals surface area contributed by atoms with Crippen LogP contribution < -0.4 is 5.32 Å². The maximum absolute atomic E-state index is 11.4. The van der Waals surface area contributed by atoms with Gasteiger partial charge >= 0.3 is 0 Å². The van der Waals surface area contributed by atoms with Crippen LogP contribution >= 0.6 is 22.9 Å². The molecular weight excluding hydrogens is 270 g/mol. The highest BCUT2D eigenvalue weighted by Crippen LogP contribution is 2.27. The third-order valence-electron chi connectivity index (χ3n) is 2.24. The van der Waals surface area contributed by atoms with Gasteiger partial charge in [-0.05, 0) is 18.6 Å². The van der Waals surface area contributed by atoms with Crippen LogP contribution in [0, 0.1) is 0 Å². The molecule has 1 aromatic carbocycles. The Morgan fingerprint density at radius 3 is 2.72 bits per heavy atom. The van der Waals surface area contributed by atoms with E-state index >= 15 is 0 Å². The van der Waals surface area contributed by atoms with Gasteiger partial charge < -0.3 is 5.32 Å². The number of anilines is 1. The SMILES string of the molecule is CCCC(=O)Nc1nnc(-c2ccc(Cl)cc2)s1. The van der Waals surface area contributed by atoms with E-state index in [1.165, 1.54) is 11.3 Å². The monoisotopic (exact) mass is 281 g/mol. The second-order valence-corrected chi connectivity index (χ2v) is 5.13. The van der Waals surface area contributed by atoms with E-state index in [0.717, 1.165) is 17.0 Å². The standard InChI is InChI=1S/C12H12ClN3OS/c1-2-3-10(17)14-12-16-15-11(18-12)8-4-6-9(13)7-5-8/h4-7H,2-3H2,1H3,(H,14,16,17). The molecule has 94 valence electrons. The van der Waals surface area contributed by atoms with Crippen LogP contribution in [0.25, 0.3) is 10.6 Å². The van der Waals surface area contributed by atoms with Crippen molar-refractivity contribution < 1.29 is 4.79 Å². The Hall–Kier alpha value is -1.46. The second-order valence-electron chi connectivity index (χ2n) is 3.72. The lowest BCUT2D eigenvalue weighted by atomic mass is 10.2. The molecule has 6 heteroatoms. The van der Waals surface area contributed by atoms with Gasteiger partial charge in [-0.3, -0.25) is 4.79 Å². The average molecular weight is 282 g/mol. The molecule has 18 heavy (non-hydrogen) atoms. The zero-order valence-corrected chi connectivity index (χ0v) is 11.4. The number of hydrogen-bond acceptors (Lipinski definition) is 4. The van der Waals surface area contributed by atoms with Crippen molar-refractivity contribution in [2.75, 3.05) is 5.32 Å². The van der Waals surface area contributed by atoms with Gasteiger partial charge in [0.15, 0.2) is 0 Å². The van der Waals surface area contributed by atoms with E-state index in [-0.39, 0.29) is 5.91 Å². The smallest absolute Gasteiger partial charge is 0.226 e. The molecule has 0 unspecified atom stereocenters. The third kappa shape index (κ3) is 3.27. The van der Waals surface area contributed by atoms with Gasteiger partial charge in [-0.25, -0.2) is 0 Å². The second kappa shape index (κ2) is 5.93. The number of carbonyl (C=O) groups is 1. The first-order chi connectivity index (χ1) is 8.69. The molecule has 0 aliphatic rings. The molecule has 2 aromatic rings. The van der Waals surface area contributed by atoms with E-state index in [4.69, 9.17) is 11.6 Å². The maximum atomic E-state index is 11.4. The van der Waals surface area contributed by atoms with Gasteiger partial charge in [0.05, 0.1) is 0 Å². The Labute approximate surface area is 114 Å². The van der Waals surface area contributed by atoms with Crippen LogP contribution in [-0.2, 0) is 4.79 Å². The first-order valence-corrected chi connectivity index (χ1v) is 6.78. The molecule has 0 aliphatic heterocycles. The zero-order chi connectivity index (χ0) is 13.0. The molecule has 0 spiro atoms. The minimum atomic E-state index is -0.0312. The van der Waals surface area contributed by atoms with Crippen molar-refractivity contribution in [3.8, 4) is 10.6 Å². The summed E-state index contributed by atoms with van der Waals surface area (Å²) in [6.45, 7) is 1.96. The number of rotatable bonds is 4. The third-order valence-corrected chi connectivity index (χ3v) is 3.38. The maximum Gasteiger partial charge on any atom is 0.226 e. The highest BCUT2D eigenvalue weighted by Gasteiger charge is 2.08. The molecule has 1 heterocycles. The molecule has 4 nitrogen and oxygen atoms in total. The first kappa shape index (κ1) is 13.0. The number of aromatic nitrogens is 2. The number of benzene rings is 1. The molecule has 0 saturated carbocycles. The van der Waals surface area contributed by atoms with Gasteiger partial charge in [0, 0.05) is 17.0 Å². The fourth-order valence-corrected chi connectivity index (χ4v) is 2.28. The van der Waals surface area contributed by atoms with Crippen LogP contribution in [0.1, 0.15) is 19.8 Å². The van der Waals surface area contributed by atoms with E-state index in [1.54, 1.807) is 12.1 Å². The van der Waals surface area contributed by atoms with E-state index < -0.39 is 0 Å². The Bertz CT molecular complexity index is 539. The first-order valence-electron chi connectivity index (χ1n) is 5.58. The van der Waals surface area contributed by atoms with Crippen molar-refractivity contribution in [3.05, 3.63) is 29.3 Å². The van der Waals surface area contributed by atoms with Crippen LogP contribution in [0.4, 0.5) is 5.13 Å². The number of amides is 1. The number of carbonyl (C=O) groups excluding carboxylic acids is 1. The Kier molecular flexibility index (Phi) is 4.28. The summed E-state index contributed by atoms with van der Waals surface area (Å²) in [6.07, 6.45) is 1.31. The van der Waals surface area contributed by atoms with Gasteiger partial charge in [-0.1, -0.05) is 42.0 Å². The lowest BCUT2D eigenvalue weighted by Crippen LogP contribution is -2.10. The van der Waals surface area contributed by atoms with E-state index in [0.29, 0.717) is 16.6 Å². The summed E-state index contributed by atoms with van der Waals surface area (Å²) in [4.78, 5) is 11.4. The molecular formula is C12H12ClN3OS. The van der Waals surface area contributed by atoms with E-state index in [1.807, 2.05) is 19.1 Å². The Balaban J connectivity index is 2.10. The molecule has 0 saturated heterocycles. The quantitative estimate of drug-likeness (QED) is 0.932. The molecule has 1 amide bonds. The van der Waals surface area contributed by atoms with Crippen molar-refractivity contribution in [2.45, 2.75) is 19.8 Å². The Morgan fingerprint density at radius 2 is 2.06 bits per heavy atom. The Morgan fingerprint density at radius 1 is 1.33 bits per heavy atom. The summed E-state index contributed by atoms with van der Waals surface area (Å²) in [7, 11) is 0. The van der Waals surface area contributed by atoms with E-state index in [2.05, 4.69) is 15.5 Å². The lowest BCUT2D eigenvalue weighted by Gasteiger charge is -1.97. The summed E-state index contributed by atoms with van der Waals surface area (Å²) in [5, 5.41) is 12.7. The largest absolute Gasteiger partial charge is 0.301 e. The molecule has 0 aliphatic carbocycles.